The van der Waals surface area contributed by atoms with Crippen molar-refractivity contribution in [3.8, 4) is 0 Å². The van der Waals surface area contributed by atoms with Gasteiger partial charge in [-0.3, -0.25) is 0 Å². The first-order valence-corrected chi connectivity index (χ1v) is 5.36. The molecule has 0 aromatic carbocycles. The molecule has 1 unspecified atom stereocenters. The highest BCUT2D eigenvalue weighted by atomic mass is 15.1. The summed E-state index contributed by atoms with van der Waals surface area (Å²) in [5.41, 5.74) is 6.80. The van der Waals surface area contributed by atoms with Gasteiger partial charge in [-0.05, 0) is 25.8 Å². The summed E-state index contributed by atoms with van der Waals surface area (Å²) in [5.74, 6) is 0.720. The average Bonchev–Trinajstić information content (AvgIpc) is 2.51. The van der Waals surface area contributed by atoms with E-state index in [0.29, 0.717) is 12.6 Å². The number of imidazole rings is 1. The molecule has 1 aromatic heterocycles. The molecule has 0 amide bonds. The van der Waals surface area contributed by atoms with Gasteiger partial charge in [-0.2, -0.15) is 0 Å². The molecule has 14 heavy (non-hydrogen) atoms. The van der Waals surface area contributed by atoms with Gasteiger partial charge in [0.15, 0.2) is 0 Å². The summed E-state index contributed by atoms with van der Waals surface area (Å²) in [6.07, 6.45) is 5.94. The van der Waals surface area contributed by atoms with E-state index in [-0.39, 0.29) is 0 Å². The summed E-state index contributed by atoms with van der Waals surface area (Å²) in [6.45, 7) is 7.42. The van der Waals surface area contributed by atoms with Crippen LogP contribution in [-0.2, 0) is 6.42 Å². The van der Waals surface area contributed by atoms with E-state index >= 15 is 0 Å². The molecule has 0 aliphatic rings. The molecule has 0 radical (unpaired) electrons. The lowest BCUT2D eigenvalue weighted by Gasteiger charge is -2.18. The van der Waals surface area contributed by atoms with Gasteiger partial charge < -0.3 is 10.3 Å². The Labute approximate surface area is 86.3 Å². The van der Waals surface area contributed by atoms with Gasteiger partial charge in [-0.25, -0.2) is 4.98 Å². The van der Waals surface area contributed by atoms with Gasteiger partial charge in [0.05, 0.1) is 6.33 Å². The molecule has 3 nitrogen and oxygen atoms in total. The fourth-order valence-corrected chi connectivity index (χ4v) is 1.87. The number of hydrogen-bond donors (Lipinski definition) is 1. The summed E-state index contributed by atoms with van der Waals surface area (Å²) in [4.78, 5) is 4.18. The maximum Gasteiger partial charge on any atom is 0.0950 e. The summed E-state index contributed by atoms with van der Waals surface area (Å²) >= 11 is 0. The lowest BCUT2D eigenvalue weighted by Crippen LogP contribution is -2.13. The Morgan fingerprint density at radius 3 is 2.71 bits per heavy atom. The van der Waals surface area contributed by atoms with E-state index in [2.05, 4.69) is 30.3 Å². The number of nitrogens with two attached hydrogens (primary N) is 1. The molecule has 0 aliphatic carbocycles. The van der Waals surface area contributed by atoms with Crippen LogP contribution >= 0.6 is 0 Å². The molecular formula is C11H21N3. The van der Waals surface area contributed by atoms with Crippen molar-refractivity contribution in [3.05, 3.63) is 18.2 Å². The number of aromatic nitrogens is 2. The molecule has 1 atom stereocenters. The highest BCUT2D eigenvalue weighted by Crippen LogP contribution is 2.18. The van der Waals surface area contributed by atoms with Crippen molar-refractivity contribution in [2.75, 3.05) is 6.54 Å². The van der Waals surface area contributed by atoms with Gasteiger partial charge in [0.1, 0.15) is 0 Å². The van der Waals surface area contributed by atoms with Crippen LogP contribution < -0.4 is 5.73 Å². The zero-order valence-corrected chi connectivity index (χ0v) is 9.40. The molecule has 80 valence electrons. The number of nitrogens with zero attached hydrogens (tertiary/aromatic N) is 2. The van der Waals surface area contributed by atoms with E-state index in [4.69, 9.17) is 5.73 Å². The molecule has 1 rings (SSSR count). The second-order valence-electron chi connectivity index (χ2n) is 4.31. The SMILES string of the molecule is CC(C)CC(C)n1cncc1CCN. The lowest BCUT2D eigenvalue weighted by atomic mass is 10.0. The average molecular weight is 195 g/mol. The third-order valence-corrected chi connectivity index (χ3v) is 2.43. The first-order chi connectivity index (χ1) is 6.65. The van der Waals surface area contributed by atoms with Crippen molar-refractivity contribution in [2.24, 2.45) is 11.7 Å². The van der Waals surface area contributed by atoms with Crippen molar-refractivity contribution < 1.29 is 0 Å². The predicted octanol–water partition coefficient (Wildman–Crippen LogP) is 1.99. The van der Waals surface area contributed by atoms with Gasteiger partial charge in [0.25, 0.3) is 0 Å². The number of hydrogen-bond acceptors (Lipinski definition) is 2. The van der Waals surface area contributed by atoms with Crippen LogP contribution in [0.25, 0.3) is 0 Å². The minimum atomic E-state index is 0.527. The molecular weight excluding hydrogens is 174 g/mol. The molecule has 0 spiro atoms. The molecule has 2 N–H and O–H groups in total. The zero-order valence-electron chi connectivity index (χ0n) is 9.40. The standard InChI is InChI=1S/C11H21N3/c1-9(2)6-10(3)14-8-13-7-11(14)4-5-12/h7-10H,4-6,12H2,1-3H3. The smallest absolute Gasteiger partial charge is 0.0950 e. The van der Waals surface area contributed by atoms with E-state index in [1.165, 1.54) is 12.1 Å². The molecule has 0 bridgehead atoms. The van der Waals surface area contributed by atoms with Gasteiger partial charge in [-0.15, -0.1) is 0 Å². The van der Waals surface area contributed by atoms with E-state index in [0.717, 1.165) is 12.3 Å². The third-order valence-electron chi connectivity index (χ3n) is 2.43. The van der Waals surface area contributed by atoms with Gasteiger partial charge in [0, 0.05) is 24.4 Å². The van der Waals surface area contributed by atoms with E-state index in [1.54, 1.807) is 0 Å². The van der Waals surface area contributed by atoms with Crippen LogP contribution in [0.3, 0.4) is 0 Å². The van der Waals surface area contributed by atoms with Crippen molar-refractivity contribution in [2.45, 2.75) is 39.7 Å². The van der Waals surface area contributed by atoms with Crippen LogP contribution in [0.5, 0.6) is 0 Å². The van der Waals surface area contributed by atoms with Crippen LogP contribution in [0.4, 0.5) is 0 Å². The van der Waals surface area contributed by atoms with Crippen molar-refractivity contribution in [3.63, 3.8) is 0 Å². The Morgan fingerprint density at radius 2 is 2.14 bits per heavy atom. The van der Waals surface area contributed by atoms with Crippen LogP contribution in [-0.4, -0.2) is 16.1 Å². The highest BCUT2D eigenvalue weighted by Gasteiger charge is 2.10. The normalized spacial score (nSPS) is 13.5. The fourth-order valence-electron chi connectivity index (χ4n) is 1.87. The predicted molar refractivity (Wildman–Crippen MR) is 59.2 cm³/mol. The second-order valence-corrected chi connectivity index (χ2v) is 4.31. The van der Waals surface area contributed by atoms with Crippen molar-refractivity contribution >= 4 is 0 Å². The molecule has 1 heterocycles. The lowest BCUT2D eigenvalue weighted by molar-refractivity contribution is 0.419. The minimum absolute atomic E-state index is 0.527. The molecule has 1 aromatic rings. The highest BCUT2D eigenvalue weighted by molar-refractivity contribution is 5.00. The quantitative estimate of drug-likeness (QED) is 0.781. The van der Waals surface area contributed by atoms with Gasteiger partial charge in [-0.1, -0.05) is 13.8 Å². The monoisotopic (exact) mass is 195 g/mol. The molecule has 0 saturated carbocycles. The van der Waals surface area contributed by atoms with Gasteiger partial charge in [0.2, 0.25) is 0 Å². The molecule has 0 fully saturated rings. The van der Waals surface area contributed by atoms with Crippen molar-refractivity contribution in [1.29, 1.82) is 0 Å². The summed E-state index contributed by atoms with van der Waals surface area (Å²) in [7, 11) is 0. The topological polar surface area (TPSA) is 43.8 Å². The Balaban J connectivity index is 2.68. The Morgan fingerprint density at radius 1 is 1.43 bits per heavy atom. The first kappa shape index (κ1) is 11.2. The molecule has 3 heteroatoms. The summed E-state index contributed by atoms with van der Waals surface area (Å²) in [6, 6.07) is 0.527. The van der Waals surface area contributed by atoms with E-state index < -0.39 is 0 Å². The Kier molecular flexibility index (Phi) is 4.14. The minimum Gasteiger partial charge on any atom is -0.332 e. The number of rotatable bonds is 5. The summed E-state index contributed by atoms with van der Waals surface area (Å²) in [5, 5.41) is 0. The van der Waals surface area contributed by atoms with Gasteiger partial charge >= 0.3 is 0 Å². The summed E-state index contributed by atoms with van der Waals surface area (Å²) < 4.78 is 2.24. The Bertz CT molecular complexity index is 265. The molecule has 0 saturated heterocycles. The molecule has 0 aliphatic heterocycles. The van der Waals surface area contributed by atoms with E-state index in [1.807, 2.05) is 12.5 Å². The first-order valence-electron chi connectivity index (χ1n) is 5.36. The van der Waals surface area contributed by atoms with Crippen LogP contribution in [0.2, 0.25) is 0 Å². The largest absolute Gasteiger partial charge is 0.332 e. The van der Waals surface area contributed by atoms with E-state index in [9.17, 15) is 0 Å². The fraction of sp³-hybridized carbons (Fsp3) is 0.727. The maximum absolute atomic E-state index is 5.55. The van der Waals surface area contributed by atoms with Crippen LogP contribution in [0.1, 0.15) is 38.9 Å². The van der Waals surface area contributed by atoms with Crippen LogP contribution in [0, 0.1) is 5.92 Å². The third kappa shape index (κ3) is 2.84. The van der Waals surface area contributed by atoms with Crippen molar-refractivity contribution in [1.82, 2.24) is 9.55 Å². The zero-order chi connectivity index (χ0) is 10.6. The Hall–Kier alpha value is -0.830. The van der Waals surface area contributed by atoms with Crippen LogP contribution in [0.15, 0.2) is 12.5 Å². The second kappa shape index (κ2) is 5.15. The maximum atomic E-state index is 5.55.